The number of ether oxygens (including phenoxy) is 1. The van der Waals surface area contributed by atoms with Crippen molar-refractivity contribution < 1.29 is 4.74 Å². The Labute approximate surface area is 129 Å². The molecule has 5 nitrogen and oxygen atoms in total. The van der Waals surface area contributed by atoms with Gasteiger partial charge in [0.1, 0.15) is 10.7 Å². The Bertz CT molecular complexity index is 425. The molecule has 20 heavy (non-hydrogen) atoms. The molecule has 0 heterocycles. The first kappa shape index (κ1) is 16.8. The van der Waals surface area contributed by atoms with Crippen molar-refractivity contribution in [3.05, 3.63) is 24.3 Å². The third kappa shape index (κ3) is 6.23. The third-order valence-electron chi connectivity index (χ3n) is 2.76. The Morgan fingerprint density at radius 3 is 2.70 bits per heavy atom. The van der Waals surface area contributed by atoms with Gasteiger partial charge in [-0.15, -0.1) is 0 Å². The molecule has 6 heteroatoms. The van der Waals surface area contributed by atoms with E-state index in [0.29, 0.717) is 6.04 Å². The van der Waals surface area contributed by atoms with E-state index in [1.165, 1.54) is 0 Å². The van der Waals surface area contributed by atoms with E-state index in [1.807, 2.05) is 43.2 Å². The molecule has 0 bridgehead atoms. The van der Waals surface area contributed by atoms with E-state index in [9.17, 15) is 0 Å². The van der Waals surface area contributed by atoms with Crippen LogP contribution in [0.2, 0.25) is 0 Å². The Balaban J connectivity index is 2.42. The summed E-state index contributed by atoms with van der Waals surface area (Å²) in [7, 11) is 3.61. The Kier molecular flexibility index (Phi) is 7.36. The SMILES string of the molecule is COc1ccccc1NC(C)CCN(C)/N=N\C(C)Br. The van der Waals surface area contributed by atoms with Crippen LogP contribution in [-0.2, 0) is 0 Å². The minimum Gasteiger partial charge on any atom is -0.495 e. The van der Waals surface area contributed by atoms with Crippen LogP contribution in [0.5, 0.6) is 5.75 Å². The predicted molar refractivity (Wildman–Crippen MR) is 86.6 cm³/mol. The van der Waals surface area contributed by atoms with Gasteiger partial charge < -0.3 is 10.1 Å². The minimum atomic E-state index is 0.0501. The molecular weight excluding hydrogens is 320 g/mol. The van der Waals surface area contributed by atoms with Crippen LogP contribution < -0.4 is 10.1 Å². The summed E-state index contributed by atoms with van der Waals surface area (Å²) in [4.78, 5) is 0.0501. The normalized spacial score (nSPS) is 14.1. The Morgan fingerprint density at radius 2 is 2.05 bits per heavy atom. The number of rotatable bonds is 8. The first-order valence-corrected chi connectivity index (χ1v) is 7.60. The van der Waals surface area contributed by atoms with E-state index in [-0.39, 0.29) is 4.95 Å². The van der Waals surface area contributed by atoms with Gasteiger partial charge in [-0.1, -0.05) is 33.3 Å². The van der Waals surface area contributed by atoms with E-state index < -0.39 is 0 Å². The second-order valence-corrected chi connectivity index (χ2v) is 6.02. The van der Waals surface area contributed by atoms with Gasteiger partial charge >= 0.3 is 0 Å². The average molecular weight is 343 g/mol. The highest BCUT2D eigenvalue weighted by molar-refractivity contribution is 9.09. The van der Waals surface area contributed by atoms with E-state index in [0.717, 1.165) is 24.4 Å². The molecule has 112 valence electrons. The first-order valence-electron chi connectivity index (χ1n) is 6.68. The molecule has 0 saturated carbocycles. The van der Waals surface area contributed by atoms with Gasteiger partial charge in [0.05, 0.1) is 12.8 Å². The standard InChI is InChI=1S/C14H23BrN4O/c1-11(9-10-19(3)18-17-12(2)15)16-13-7-5-6-8-14(13)20-4/h5-8,11-12,16H,9-10H2,1-4H3/b18-17-. The van der Waals surface area contributed by atoms with Gasteiger partial charge in [0.25, 0.3) is 0 Å². The van der Waals surface area contributed by atoms with Crippen molar-refractivity contribution in [2.24, 2.45) is 10.3 Å². The lowest BCUT2D eigenvalue weighted by Gasteiger charge is -2.19. The number of anilines is 1. The van der Waals surface area contributed by atoms with Gasteiger partial charge in [-0.25, -0.2) is 0 Å². The molecule has 0 aliphatic rings. The molecule has 1 aromatic carbocycles. The first-order chi connectivity index (χ1) is 9.52. The number of benzene rings is 1. The van der Waals surface area contributed by atoms with Crippen molar-refractivity contribution in [2.75, 3.05) is 26.0 Å². The molecule has 2 atom stereocenters. The van der Waals surface area contributed by atoms with Crippen LogP contribution in [0, 0.1) is 0 Å². The fraction of sp³-hybridized carbons (Fsp3) is 0.571. The molecule has 1 aromatic rings. The molecule has 0 aliphatic heterocycles. The zero-order chi connectivity index (χ0) is 15.0. The summed E-state index contributed by atoms with van der Waals surface area (Å²) in [6, 6.07) is 8.25. The summed E-state index contributed by atoms with van der Waals surface area (Å²) in [5.74, 6) is 0.862. The van der Waals surface area contributed by atoms with Crippen molar-refractivity contribution in [3.8, 4) is 5.75 Å². The second-order valence-electron chi connectivity index (χ2n) is 4.69. The molecule has 0 spiro atoms. The van der Waals surface area contributed by atoms with Gasteiger partial charge in [-0.2, -0.15) is 5.11 Å². The third-order valence-corrected chi connectivity index (χ3v) is 2.94. The van der Waals surface area contributed by atoms with Crippen LogP contribution in [0.25, 0.3) is 0 Å². The molecule has 0 aromatic heterocycles. The molecule has 2 unspecified atom stereocenters. The highest BCUT2D eigenvalue weighted by Crippen LogP contribution is 2.24. The summed E-state index contributed by atoms with van der Waals surface area (Å²) < 4.78 is 5.33. The van der Waals surface area contributed by atoms with E-state index in [4.69, 9.17) is 4.74 Å². The van der Waals surface area contributed by atoms with Crippen molar-refractivity contribution in [1.82, 2.24) is 5.01 Å². The Morgan fingerprint density at radius 1 is 1.35 bits per heavy atom. The van der Waals surface area contributed by atoms with Gasteiger partial charge in [0, 0.05) is 19.6 Å². The van der Waals surface area contributed by atoms with Crippen molar-refractivity contribution in [3.63, 3.8) is 0 Å². The van der Waals surface area contributed by atoms with Crippen LogP contribution in [0.4, 0.5) is 5.69 Å². The number of methoxy groups -OCH3 is 1. The molecule has 0 radical (unpaired) electrons. The largest absolute Gasteiger partial charge is 0.495 e. The fourth-order valence-electron chi connectivity index (χ4n) is 1.69. The molecular formula is C14H23BrN4O. The summed E-state index contributed by atoms with van der Waals surface area (Å²) in [5, 5.41) is 13.4. The lowest BCUT2D eigenvalue weighted by molar-refractivity contribution is 0.314. The summed E-state index contributed by atoms with van der Waals surface area (Å²) >= 11 is 3.33. The lowest BCUT2D eigenvalue weighted by Crippen LogP contribution is -2.22. The lowest BCUT2D eigenvalue weighted by atomic mass is 10.2. The van der Waals surface area contributed by atoms with Gasteiger partial charge in [0.2, 0.25) is 0 Å². The highest BCUT2D eigenvalue weighted by Gasteiger charge is 2.07. The maximum absolute atomic E-state index is 5.33. The van der Waals surface area contributed by atoms with Crippen LogP contribution in [0.15, 0.2) is 34.6 Å². The van der Waals surface area contributed by atoms with Crippen LogP contribution in [0.1, 0.15) is 20.3 Å². The number of para-hydroxylation sites is 2. The van der Waals surface area contributed by atoms with E-state index >= 15 is 0 Å². The molecule has 0 fully saturated rings. The molecule has 1 rings (SSSR count). The highest BCUT2D eigenvalue weighted by atomic mass is 79.9. The number of nitrogens with zero attached hydrogens (tertiary/aromatic N) is 3. The van der Waals surface area contributed by atoms with E-state index in [2.05, 4.69) is 38.5 Å². The van der Waals surface area contributed by atoms with Crippen molar-refractivity contribution in [1.29, 1.82) is 0 Å². The Hall–Kier alpha value is -1.30. The minimum absolute atomic E-state index is 0.0501. The number of nitrogens with one attached hydrogen (secondary N) is 1. The zero-order valence-corrected chi connectivity index (χ0v) is 14.1. The number of halogens is 1. The van der Waals surface area contributed by atoms with Crippen molar-refractivity contribution in [2.45, 2.75) is 31.3 Å². The maximum Gasteiger partial charge on any atom is 0.141 e. The van der Waals surface area contributed by atoms with Crippen LogP contribution in [0.3, 0.4) is 0 Å². The summed E-state index contributed by atoms with van der Waals surface area (Å²) in [6.07, 6.45) is 0.963. The van der Waals surface area contributed by atoms with Gasteiger partial charge in [-0.05, 0) is 32.4 Å². The zero-order valence-electron chi connectivity index (χ0n) is 12.5. The number of hydrogen-bond acceptors (Lipinski definition) is 4. The summed E-state index contributed by atoms with van der Waals surface area (Å²) in [6.45, 7) is 4.92. The monoisotopic (exact) mass is 342 g/mol. The number of hydrogen-bond donors (Lipinski definition) is 1. The quantitative estimate of drug-likeness (QED) is 0.337. The van der Waals surface area contributed by atoms with Crippen molar-refractivity contribution >= 4 is 21.6 Å². The van der Waals surface area contributed by atoms with Crippen LogP contribution >= 0.6 is 15.9 Å². The maximum atomic E-state index is 5.33. The van der Waals surface area contributed by atoms with E-state index in [1.54, 1.807) is 7.11 Å². The molecule has 0 aliphatic carbocycles. The molecule has 1 N–H and O–H groups in total. The van der Waals surface area contributed by atoms with Gasteiger partial charge in [-0.3, -0.25) is 5.01 Å². The second kappa shape index (κ2) is 8.79. The predicted octanol–water partition coefficient (Wildman–Crippen LogP) is 3.93. The summed E-state index contributed by atoms with van der Waals surface area (Å²) in [5.41, 5.74) is 1.01. The smallest absolute Gasteiger partial charge is 0.141 e. The fourth-order valence-corrected chi connectivity index (χ4v) is 1.77. The molecule has 0 amide bonds. The van der Waals surface area contributed by atoms with Crippen LogP contribution in [-0.4, -0.2) is 36.7 Å². The van der Waals surface area contributed by atoms with Gasteiger partial charge in [0.15, 0.2) is 0 Å². The average Bonchev–Trinajstić information content (AvgIpc) is 2.43. The number of alkyl halides is 1. The topological polar surface area (TPSA) is 49.2 Å². The molecule has 0 saturated heterocycles.